The summed E-state index contributed by atoms with van der Waals surface area (Å²) in [6, 6.07) is 5.40. The van der Waals surface area contributed by atoms with Gasteiger partial charge in [-0.05, 0) is 24.1 Å². The summed E-state index contributed by atoms with van der Waals surface area (Å²) in [5, 5.41) is 9.09. The van der Waals surface area contributed by atoms with Gasteiger partial charge in [0.05, 0.1) is 33.3 Å². The normalized spacial score (nSPS) is 13.3. The van der Waals surface area contributed by atoms with Crippen molar-refractivity contribution < 1.29 is 14.2 Å². The number of hydrogen-bond donors (Lipinski definition) is 1. The molecule has 2 unspecified atom stereocenters. The fraction of sp³-hybridized carbons (Fsp3) is 0.500. The van der Waals surface area contributed by atoms with Gasteiger partial charge in [-0.3, -0.25) is 0 Å². The van der Waals surface area contributed by atoms with E-state index in [1.54, 1.807) is 33.5 Å². The summed E-state index contributed by atoms with van der Waals surface area (Å²) in [7, 11) is 4.65. The van der Waals surface area contributed by atoms with Crippen molar-refractivity contribution in [3.63, 3.8) is 0 Å². The first kappa shape index (κ1) is 15.1. The van der Waals surface area contributed by atoms with Crippen molar-refractivity contribution in [1.29, 1.82) is 5.26 Å². The standard InChI is InChI=1S/C14H20N2O3/c1-5-9(8-15)13(16)10-6-11(17-2)14(19-4)12(7-10)18-3/h6-7,9,13H,5,16H2,1-4H3. The Kier molecular flexibility index (Phi) is 5.46. The lowest BCUT2D eigenvalue weighted by Crippen LogP contribution is -2.20. The Labute approximate surface area is 113 Å². The van der Waals surface area contributed by atoms with E-state index in [2.05, 4.69) is 6.07 Å². The summed E-state index contributed by atoms with van der Waals surface area (Å²) in [5.74, 6) is 1.36. The molecule has 1 rings (SSSR count). The second kappa shape index (κ2) is 6.86. The fourth-order valence-electron chi connectivity index (χ4n) is 1.95. The molecule has 0 aliphatic rings. The molecule has 2 N–H and O–H groups in total. The third-order valence-electron chi connectivity index (χ3n) is 3.11. The van der Waals surface area contributed by atoms with Crippen LogP contribution < -0.4 is 19.9 Å². The quantitative estimate of drug-likeness (QED) is 0.852. The molecule has 0 spiro atoms. The van der Waals surface area contributed by atoms with Crippen molar-refractivity contribution in [2.24, 2.45) is 11.7 Å². The van der Waals surface area contributed by atoms with Crippen LogP contribution in [0.5, 0.6) is 17.2 Å². The average Bonchev–Trinajstić information content (AvgIpc) is 2.46. The van der Waals surface area contributed by atoms with Crippen LogP contribution in [0.4, 0.5) is 0 Å². The van der Waals surface area contributed by atoms with E-state index < -0.39 is 0 Å². The molecule has 0 bridgehead atoms. The summed E-state index contributed by atoms with van der Waals surface area (Å²) in [6.45, 7) is 1.94. The van der Waals surface area contributed by atoms with Crippen LogP contribution in [0.25, 0.3) is 0 Å². The maximum atomic E-state index is 9.09. The third kappa shape index (κ3) is 3.09. The number of hydrogen-bond acceptors (Lipinski definition) is 5. The van der Waals surface area contributed by atoms with Crippen molar-refractivity contribution >= 4 is 0 Å². The third-order valence-corrected chi connectivity index (χ3v) is 3.11. The molecule has 0 aliphatic heterocycles. The minimum absolute atomic E-state index is 0.247. The maximum Gasteiger partial charge on any atom is 0.203 e. The number of rotatable bonds is 6. The largest absolute Gasteiger partial charge is 0.493 e. The second-order valence-electron chi connectivity index (χ2n) is 4.13. The van der Waals surface area contributed by atoms with E-state index in [1.807, 2.05) is 6.92 Å². The highest BCUT2D eigenvalue weighted by Crippen LogP contribution is 2.40. The molecule has 2 atom stereocenters. The Bertz CT molecular complexity index is 443. The van der Waals surface area contributed by atoms with Gasteiger partial charge in [-0.2, -0.15) is 5.26 Å². The van der Waals surface area contributed by atoms with E-state index in [0.29, 0.717) is 23.7 Å². The highest BCUT2D eigenvalue weighted by molar-refractivity contribution is 5.54. The van der Waals surface area contributed by atoms with Gasteiger partial charge in [-0.25, -0.2) is 0 Å². The molecule has 5 heteroatoms. The van der Waals surface area contributed by atoms with Crippen LogP contribution in [-0.4, -0.2) is 21.3 Å². The van der Waals surface area contributed by atoms with Crippen LogP contribution in [-0.2, 0) is 0 Å². The predicted octanol–water partition coefficient (Wildman–Crippen LogP) is 2.26. The minimum Gasteiger partial charge on any atom is -0.493 e. The smallest absolute Gasteiger partial charge is 0.203 e. The van der Waals surface area contributed by atoms with Gasteiger partial charge in [-0.1, -0.05) is 6.92 Å². The Morgan fingerprint density at radius 1 is 1.16 bits per heavy atom. The van der Waals surface area contributed by atoms with Crippen molar-refractivity contribution in [3.05, 3.63) is 17.7 Å². The molecule has 0 heterocycles. The molecular weight excluding hydrogens is 244 g/mol. The summed E-state index contributed by atoms with van der Waals surface area (Å²) >= 11 is 0. The van der Waals surface area contributed by atoms with Gasteiger partial charge in [0.15, 0.2) is 11.5 Å². The van der Waals surface area contributed by atoms with Crippen LogP contribution in [0.3, 0.4) is 0 Å². The van der Waals surface area contributed by atoms with E-state index in [9.17, 15) is 0 Å². The molecule has 1 aromatic rings. The molecule has 0 saturated carbocycles. The first-order valence-electron chi connectivity index (χ1n) is 6.07. The zero-order chi connectivity index (χ0) is 14.4. The van der Waals surface area contributed by atoms with Gasteiger partial charge in [0, 0.05) is 6.04 Å². The fourth-order valence-corrected chi connectivity index (χ4v) is 1.95. The van der Waals surface area contributed by atoms with E-state index in [0.717, 1.165) is 5.56 Å². The van der Waals surface area contributed by atoms with Gasteiger partial charge in [0.25, 0.3) is 0 Å². The lowest BCUT2D eigenvalue weighted by Gasteiger charge is -2.20. The highest BCUT2D eigenvalue weighted by Gasteiger charge is 2.21. The Morgan fingerprint density at radius 2 is 1.68 bits per heavy atom. The van der Waals surface area contributed by atoms with Gasteiger partial charge in [0.1, 0.15) is 0 Å². The molecular formula is C14H20N2O3. The summed E-state index contributed by atoms with van der Waals surface area (Å²) in [4.78, 5) is 0. The van der Waals surface area contributed by atoms with Crippen LogP contribution in [0.2, 0.25) is 0 Å². The molecule has 5 nitrogen and oxygen atoms in total. The Balaban J connectivity index is 3.27. The monoisotopic (exact) mass is 264 g/mol. The zero-order valence-electron chi connectivity index (χ0n) is 11.8. The van der Waals surface area contributed by atoms with E-state index in [1.165, 1.54) is 0 Å². The minimum atomic E-state index is -0.385. The molecule has 0 amide bonds. The van der Waals surface area contributed by atoms with Crippen molar-refractivity contribution in [3.8, 4) is 23.3 Å². The van der Waals surface area contributed by atoms with E-state index in [-0.39, 0.29) is 12.0 Å². The summed E-state index contributed by atoms with van der Waals surface area (Å²) in [5.41, 5.74) is 6.92. The highest BCUT2D eigenvalue weighted by atomic mass is 16.5. The van der Waals surface area contributed by atoms with E-state index in [4.69, 9.17) is 25.2 Å². The van der Waals surface area contributed by atoms with Gasteiger partial charge >= 0.3 is 0 Å². The number of nitriles is 1. The molecule has 0 saturated heterocycles. The summed E-state index contributed by atoms with van der Waals surface area (Å²) in [6.07, 6.45) is 0.689. The second-order valence-corrected chi connectivity index (χ2v) is 4.13. The number of ether oxygens (including phenoxy) is 3. The number of nitrogens with zero attached hydrogens (tertiary/aromatic N) is 1. The Morgan fingerprint density at radius 3 is 2.00 bits per heavy atom. The topological polar surface area (TPSA) is 77.5 Å². The van der Waals surface area contributed by atoms with Crippen molar-refractivity contribution in [2.45, 2.75) is 19.4 Å². The first-order valence-corrected chi connectivity index (χ1v) is 6.07. The van der Waals surface area contributed by atoms with Crippen LogP contribution >= 0.6 is 0 Å². The van der Waals surface area contributed by atoms with E-state index >= 15 is 0 Å². The maximum absolute atomic E-state index is 9.09. The van der Waals surface area contributed by atoms with Crippen LogP contribution in [0.15, 0.2) is 12.1 Å². The molecule has 0 radical (unpaired) electrons. The molecule has 1 aromatic carbocycles. The first-order chi connectivity index (χ1) is 9.12. The van der Waals surface area contributed by atoms with Crippen LogP contribution in [0.1, 0.15) is 24.9 Å². The summed E-state index contributed by atoms with van der Waals surface area (Å²) < 4.78 is 15.8. The lowest BCUT2D eigenvalue weighted by molar-refractivity contribution is 0.323. The number of benzene rings is 1. The SMILES string of the molecule is CCC(C#N)C(N)c1cc(OC)c(OC)c(OC)c1. The zero-order valence-corrected chi connectivity index (χ0v) is 11.8. The number of nitrogens with two attached hydrogens (primary N) is 1. The van der Waals surface area contributed by atoms with Crippen molar-refractivity contribution in [2.75, 3.05) is 21.3 Å². The molecule has 19 heavy (non-hydrogen) atoms. The predicted molar refractivity (Wildman–Crippen MR) is 72.4 cm³/mol. The van der Waals surface area contributed by atoms with Gasteiger partial charge in [-0.15, -0.1) is 0 Å². The molecule has 104 valence electrons. The average molecular weight is 264 g/mol. The molecule has 0 aromatic heterocycles. The van der Waals surface area contributed by atoms with Crippen molar-refractivity contribution in [1.82, 2.24) is 0 Å². The molecule has 0 fully saturated rings. The number of methoxy groups -OCH3 is 3. The van der Waals surface area contributed by atoms with Gasteiger partial charge in [0.2, 0.25) is 5.75 Å². The molecule has 0 aliphatic carbocycles. The van der Waals surface area contributed by atoms with Crippen LogP contribution in [0, 0.1) is 17.2 Å². The Hall–Kier alpha value is -1.93. The van der Waals surface area contributed by atoms with Gasteiger partial charge < -0.3 is 19.9 Å². The lowest BCUT2D eigenvalue weighted by atomic mass is 9.92.